The first-order valence-electron chi connectivity index (χ1n) is 13.2. The first-order valence-corrected chi connectivity index (χ1v) is 13.6. The minimum absolute atomic E-state index is 0.263. The zero-order valence-electron chi connectivity index (χ0n) is 23.0. The molecule has 1 aliphatic carbocycles. The van der Waals surface area contributed by atoms with Crippen LogP contribution < -0.4 is 25.2 Å². The number of ether oxygens (including phenoxy) is 2. The summed E-state index contributed by atoms with van der Waals surface area (Å²) in [5, 5.41) is 12.2. The van der Waals surface area contributed by atoms with Gasteiger partial charge in [-0.05, 0) is 68.5 Å². The van der Waals surface area contributed by atoms with Gasteiger partial charge in [0.1, 0.15) is 11.3 Å². The van der Waals surface area contributed by atoms with Crippen LogP contribution in [0.15, 0.2) is 72.9 Å². The van der Waals surface area contributed by atoms with Gasteiger partial charge in [-0.2, -0.15) is 9.37 Å². The van der Waals surface area contributed by atoms with E-state index in [4.69, 9.17) is 20.3 Å². The fourth-order valence-corrected chi connectivity index (χ4v) is 3.58. The number of nitrogens with two attached hydrogens (primary N) is 1. The van der Waals surface area contributed by atoms with Crippen LogP contribution >= 0.6 is 12.8 Å². The number of nitrogens with one attached hydrogen (secondary N) is 2. The average Bonchev–Trinajstić information content (AvgIpc) is 3.82. The van der Waals surface area contributed by atoms with Gasteiger partial charge in [-0.3, -0.25) is 9.71 Å². The van der Waals surface area contributed by atoms with E-state index in [0.717, 1.165) is 17.1 Å². The summed E-state index contributed by atoms with van der Waals surface area (Å²) in [6.07, 6.45) is 3.68. The maximum absolute atomic E-state index is 13.9. The van der Waals surface area contributed by atoms with Crippen molar-refractivity contribution in [3.63, 3.8) is 0 Å². The highest BCUT2D eigenvalue weighted by molar-refractivity contribution is 7.78. The lowest BCUT2D eigenvalue weighted by atomic mass is 10.1. The third-order valence-corrected chi connectivity index (χ3v) is 6.41. The molecule has 0 aliphatic heterocycles. The molecule has 8 nitrogen and oxygen atoms in total. The summed E-state index contributed by atoms with van der Waals surface area (Å²) in [5.41, 5.74) is 8.40. The zero-order chi connectivity index (χ0) is 28.9. The topological polar surface area (TPSA) is 115 Å². The van der Waals surface area contributed by atoms with Gasteiger partial charge in [0.05, 0.1) is 19.8 Å². The second-order valence-corrected chi connectivity index (χ2v) is 9.72. The lowest BCUT2D eigenvalue weighted by Gasteiger charge is -2.12. The smallest absolute Gasteiger partial charge is 0.243 e. The second-order valence-electron chi connectivity index (χ2n) is 9.46. The molecule has 2 aromatic heterocycles. The Bertz CT molecular complexity index is 1310. The molecular formula is C30H38FN5O3S. The Labute approximate surface area is 240 Å². The van der Waals surface area contributed by atoms with Crippen LogP contribution in [0, 0.1) is 11.9 Å². The van der Waals surface area contributed by atoms with E-state index in [0.29, 0.717) is 30.0 Å². The van der Waals surface area contributed by atoms with E-state index in [1.165, 1.54) is 24.5 Å². The van der Waals surface area contributed by atoms with E-state index >= 15 is 0 Å². The van der Waals surface area contributed by atoms with Gasteiger partial charge < -0.3 is 25.6 Å². The van der Waals surface area contributed by atoms with Crippen molar-refractivity contribution in [1.29, 1.82) is 0 Å². The summed E-state index contributed by atoms with van der Waals surface area (Å²) in [4.78, 5) is 8.20. The number of aromatic nitrogens is 2. The van der Waals surface area contributed by atoms with Crippen LogP contribution in [0.4, 0.5) is 15.8 Å². The number of nitrogens with zero attached hydrogens (tertiary/aromatic N) is 2. The number of rotatable bonds is 9. The van der Waals surface area contributed by atoms with E-state index in [2.05, 4.69) is 39.7 Å². The minimum Gasteiger partial charge on any atom is -0.497 e. The molecule has 0 amide bonds. The number of pyridine rings is 2. The lowest BCUT2D eigenvalue weighted by Crippen LogP contribution is -2.14. The zero-order valence-corrected chi connectivity index (χ0v) is 23.9. The molecule has 0 saturated heterocycles. The number of halogens is 1. The molecule has 0 radical (unpaired) electrons. The number of para-hydroxylation sites is 1. The van der Waals surface area contributed by atoms with E-state index in [-0.39, 0.29) is 18.0 Å². The highest BCUT2D eigenvalue weighted by Crippen LogP contribution is 2.33. The molecule has 4 aromatic rings. The fourth-order valence-electron chi connectivity index (χ4n) is 3.43. The van der Waals surface area contributed by atoms with Crippen LogP contribution in [-0.2, 0) is 0 Å². The van der Waals surface area contributed by atoms with Crippen LogP contribution in [0.2, 0.25) is 0 Å². The Balaban J connectivity index is 0.000000218. The number of aliphatic hydroxyl groups is 1. The third-order valence-electron chi connectivity index (χ3n) is 6.02. The maximum atomic E-state index is 13.9. The maximum Gasteiger partial charge on any atom is 0.243 e. The van der Waals surface area contributed by atoms with Crippen LogP contribution in [-0.4, -0.2) is 41.4 Å². The first-order chi connectivity index (χ1) is 19.3. The van der Waals surface area contributed by atoms with E-state index in [1.54, 1.807) is 20.2 Å². The van der Waals surface area contributed by atoms with Crippen LogP contribution in [0.25, 0.3) is 10.9 Å². The Morgan fingerprint density at radius 3 is 2.35 bits per heavy atom. The molecule has 1 fully saturated rings. The predicted molar refractivity (Wildman–Crippen MR) is 162 cm³/mol. The highest BCUT2D eigenvalue weighted by atomic mass is 32.1. The number of hydrogen-bond acceptors (Lipinski definition) is 9. The molecule has 5 rings (SSSR count). The van der Waals surface area contributed by atoms with E-state index < -0.39 is 5.95 Å². The third kappa shape index (κ3) is 9.95. The van der Waals surface area contributed by atoms with Crippen LogP contribution in [0.5, 0.6) is 11.6 Å². The molecule has 0 spiro atoms. The molecular weight excluding hydrogens is 529 g/mol. The Morgan fingerprint density at radius 2 is 1.77 bits per heavy atom. The van der Waals surface area contributed by atoms with Gasteiger partial charge in [0.25, 0.3) is 0 Å². The Morgan fingerprint density at radius 1 is 1.10 bits per heavy atom. The van der Waals surface area contributed by atoms with Crippen molar-refractivity contribution in [3.05, 3.63) is 84.4 Å². The predicted octanol–water partition coefficient (Wildman–Crippen LogP) is 5.82. The van der Waals surface area contributed by atoms with Crippen molar-refractivity contribution in [2.24, 2.45) is 11.7 Å². The number of benzene rings is 2. The molecule has 2 aromatic carbocycles. The van der Waals surface area contributed by atoms with Gasteiger partial charge in [0, 0.05) is 41.6 Å². The fraction of sp³-hybridized carbons (Fsp3) is 0.333. The van der Waals surface area contributed by atoms with Crippen molar-refractivity contribution in [3.8, 4) is 11.6 Å². The first kappa shape index (κ1) is 31.1. The number of fused-ring (bicyclic) bond motifs is 1. The molecule has 1 saturated carbocycles. The van der Waals surface area contributed by atoms with Crippen molar-refractivity contribution in [1.82, 2.24) is 14.7 Å². The van der Waals surface area contributed by atoms with Gasteiger partial charge in [-0.15, -0.1) is 0 Å². The summed E-state index contributed by atoms with van der Waals surface area (Å²) in [6, 6.07) is 21.1. The quantitative estimate of drug-likeness (QED) is 0.127. The lowest BCUT2D eigenvalue weighted by molar-refractivity contribution is 0.203. The number of methoxy groups -OCH3 is 1. The number of thiol groups is 1. The van der Waals surface area contributed by atoms with Crippen molar-refractivity contribution in [2.45, 2.75) is 38.8 Å². The van der Waals surface area contributed by atoms with Crippen molar-refractivity contribution < 1.29 is 19.0 Å². The number of anilines is 2. The molecule has 5 N–H and O–H groups in total. The summed E-state index contributed by atoms with van der Waals surface area (Å²) in [7, 11) is 1.66. The van der Waals surface area contributed by atoms with E-state index in [9.17, 15) is 4.39 Å². The summed E-state index contributed by atoms with van der Waals surface area (Å²) in [5.74, 6) is 1.15. The normalized spacial score (nSPS) is 13.7. The van der Waals surface area contributed by atoms with Gasteiger partial charge in [0.2, 0.25) is 11.8 Å². The molecule has 2 atom stereocenters. The summed E-state index contributed by atoms with van der Waals surface area (Å²) < 4.78 is 27.5. The minimum atomic E-state index is -0.563. The number of hydrogen-bond donors (Lipinski definition) is 5. The van der Waals surface area contributed by atoms with Gasteiger partial charge in [-0.1, -0.05) is 43.1 Å². The van der Waals surface area contributed by atoms with Gasteiger partial charge in [-0.25, -0.2) is 0 Å². The molecule has 1 aliphatic rings. The standard InChI is InChI=1S/C18H16FN3O.C9H13NOS.C3H9NO/c19-16-10-14-15(21-13-4-2-1-3-5-13)8-9-20-17(14)18(22-16)23-11-12-6-7-12;1-7(10-12)8-3-5-9(11-2)6-4-8;1-3(5)2-4/h1-5,8-10,12H,6-7,11H2,(H,20,21);3-7,10,12H,1-2H3;3,5H,2,4H2,1H3. The largest absolute Gasteiger partial charge is 0.497 e. The summed E-state index contributed by atoms with van der Waals surface area (Å²) in [6.45, 7) is 4.64. The molecule has 40 heavy (non-hydrogen) atoms. The molecule has 2 heterocycles. The molecule has 10 heteroatoms. The highest BCUT2D eigenvalue weighted by Gasteiger charge is 2.23. The Kier molecular flexibility index (Phi) is 12.4. The SMILES string of the molecule is CC(O)CN.COc1ccc(C(C)NS)cc1.Fc1cc2c(Nc3ccccc3)ccnc2c(OCC2CC2)n1. The molecule has 214 valence electrons. The molecule has 0 bridgehead atoms. The van der Waals surface area contributed by atoms with Crippen molar-refractivity contribution in [2.75, 3.05) is 25.6 Å². The Hall–Kier alpha value is -3.44. The summed E-state index contributed by atoms with van der Waals surface area (Å²) >= 11 is 3.99. The molecule has 2 unspecified atom stereocenters. The van der Waals surface area contributed by atoms with Crippen molar-refractivity contribution >= 4 is 35.1 Å². The monoisotopic (exact) mass is 567 g/mol. The average molecular weight is 568 g/mol. The van der Waals surface area contributed by atoms with E-state index in [1.807, 2.05) is 60.7 Å². The second kappa shape index (κ2) is 16.0. The van der Waals surface area contributed by atoms with Gasteiger partial charge in [0.15, 0.2) is 0 Å². The number of aliphatic hydroxyl groups excluding tert-OH is 1. The van der Waals surface area contributed by atoms with Gasteiger partial charge >= 0.3 is 0 Å². The van der Waals surface area contributed by atoms with Crippen LogP contribution in [0.1, 0.15) is 38.3 Å². The van der Waals surface area contributed by atoms with Crippen LogP contribution in [0.3, 0.4) is 0 Å².